The van der Waals surface area contributed by atoms with Gasteiger partial charge in [-0.3, -0.25) is 9.69 Å². The number of ether oxygens (including phenoxy) is 1. The quantitative estimate of drug-likeness (QED) is 0.685. The molecule has 8 nitrogen and oxygen atoms in total. The second-order valence-electron chi connectivity index (χ2n) is 7.05. The Hall–Kier alpha value is -2.48. The number of hydrogen-bond acceptors (Lipinski definition) is 7. The van der Waals surface area contributed by atoms with Crippen LogP contribution in [-0.2, 0) is 16.1 Å². The van der Waals surface area contributed by atoms with Gasteiger partial charge in [-0.05, 0) is 35.4 Å². The van der Waals surface area contributed by atoms with E-state index >= 15 is 0 Å². The van der Waals surface area contributed by atoms with E-state index in [2.05, 4.69) is 63.4 Å². The first-order chi connectivity index (χ1) is 13.1. The zero-order valence-corrected chi connectivity index (χ0v) is 16.3. The highest BCUT2D eigenvalue weighted by Gasteiger charge is 2.32. The lowest BCUT2D eigenvalue weighted by Crippen LogP contribution is -2.49. The van der Waals surface area contributed by atoms with E-state index in [-0.39, 0.29) is 18.6 Å². The lowest BCUT2D eigenvalue weighted by Gasteiger charge is -2.41. The van der Waals surface area contributed by atoms with Gasteiger partial charge in [0.25, 0.3) is 0 Å². The predicted octanol–water partition coefficient (Wildman–Crippen LogP) is 1.76. The van der Waals surface area contributed by atoms with E-state index in [1.807, 2.05) is 6.07 Å². The molecule has 0 amide bonds. The molecule has 1 atom stereocenters. The van der Waals surface area contributed by atoms with Crippen LogP contribution in [0.2, 0.25) is 0 Å². The number of benzene rings is 1. The number of carbonyl (C=O) groups excluding carboxylic acids is 1. The topological polar surface area (TPSA) is 76.4 Å². The maximum Gasteiger partial charge on any atom is 0.327 e. The van der Waals surface area contributed by atoms with Gasteiger partial charge in [-0.2, -0.15) is 0 Å². The third-order valence-electron chi connectivity index (χ3n) is 4.87. The molecule has 146 valence electrons. The van der Waals surface area contributed by atoms with Gasteiger partial charge in [0.1, 0.15) is 6.54 Å². The highest BCUT2D eigenvalue weighted by atomic mass is 16.5. The maximum absolute atomic E-state index is 11.9. The van der Waals surface area contributed by atoms with Crippen molar-refractivity contribution in [2.24, 2.45) is 5.92 Å². The maximum atomic E-state index is 11.9. The van der Waals surface area contributed by atoms with Crippen molar-refractivity contribution in [1.82, 2.24) is 25.1 Å². The van der Waals surface area contributed by atoms with Crippen LogP contribution in [0.15, 0.2) is 30.3 Å². The van der Waals surface area contributed by atoms with Crippen molar-refractivity contribution in [3.05, 3.63) is 36.2 Å². The van der Waals surface area contributed by atoms with Crippen LogP contribution in [0.25, 0.3) is 0 Å². The molecule has 0 spiro atoms. The normalized spacial score (nSPS) is 16.5. The Morgan fingerprint density at radius 3 is 2.48 bits per heavy atom. The summed E-state index contributed by atoms with van der Waals surface area (Å²) in [5.74, 6) is 0.730. The number of aromatic nitrogens is 4. The molecule has 1 aromatic heterocycles. The van der Waals surface area contributed by atoms with Gasteiger partial charge in [-0.15, -0.1) is 5.10 Å². The molecule has 0 saturated carbocycles. The van der Waals surface area contributed by atoms with Crippen molar-refractivity contribution in [3.8, 4) is 0 Å². The fourth-order valence-electron chi connectivity index (χ4n) is 3.65. The van der Waals surface area contributed by atoms with Crippen LogP contribution in [0.1, 0.15) is 32.6 Å². The standard InChI is InChI=1S/C19H28N6O2/c1-4-27-17(26)14-25-19(20-21-22-25)18(15(2)3)24-12-10-23(11-13-24)16-8-6-5-7-9-16/h5-9,15,18H,4,10-14H2,1-3H3. The monoisotopic (exact) mass is 372 g/mol. The minimum atomic E-state index is -0.317. The van der Waals surface area contributed by atoms with Gasteiger partial charge >= 0.3 is 5.97 Å². The summed E-state index contributed by atoms with van der Waals surface area (Å²) in [6, 6.07) is 10.5. The van der Waals surface area contributed by atoms with E-state index in [0.29, 0.717) is 12.5 Å². The molecule has 1 aromatic carbocycles. The van der Waals surface area contributed by atoms with Crippen LogP contribution in [0.5, 0.6) is 0 Å². The summed E-state index contributed by atoms with van der Waals surface area (Å²) in [7, 11) is 0. The average molecular weight is 372 g/mol. The Bertz CT molecular complexity index is 725. The lowest BCUT2D eigenvalue weighted by atomic mass is 10.0. The Morgan fingerprint density at radius 1 is 1.15 bits per heavy atom. The van der Waals surface area contributed by atoms with E-state index in [4.69, 9.17) is 4.74 Å². The summed E-state index contributed by atoms with van der Waals surface area (Å²) in [6.07, 6.45) is 0. The smallest absolute Gasteiger partial charge is 0.327 e. The molecule has 2 heterocycles. The molecular weight excluding hydrogens is 344 g/mol. The van der Waals surface area contributed by atoms with E-state index < -0.39 is 0 Å². The number of carbonyl (C=O) groups is 1. The number of tetrazole rings is 1. The number of anilines is 1. The molecular formula is C19H28N6O2. The molecule has 1 unspecified atom stereocenters. The van der Waals surface area contributed by atoms with Gasteiger partial charge in [-0.1, -0.05) is 32.0 Å². The summed E-state index contributed by atoms with van der Waals surface area (Å²) in [5, 5.41) is 12.1. The number of hydrogen-bond donors (Lipinski definition) is 0. The fourth-order valence-corrected chi connectivity index (χ4v) is 3.65. The molecule has 1 aliphatic rings. The van der Waals surface area contributed by atoms with E-state index in [1.165, 1.54) is 5.69 Å². The molecule has 27 heavy (non-hydrogen) atoms. The van der Waals surface area contributed by atoms with Crippen molar-refractivity contribution >= 4 is 11.7 Å². The zero-order chi connectivity index (χ0) is 19.2. The predicted molar refractivity (Wildman–Crippen MR) is 102 cm³/mol. The average Bonchev–Trinajstić information content (AvgIpc) is 3.10. The van der Waals surface area contributed by atoms with Crippen molar-refractivity contribution in [2.75, 3.05) is 37.7 Å². The van der Waals surface area contributed by atoms with Gasteiger partial charge in [0, 0.05) is 31.9 Å². The number of para-hydroxylation sites is 1. The molecule has 1 aliphatic heterocycles. The van der Waals surface area contributed by atoms with Gasteiger partial charge in [0.05, 0.1) is 12.6 Å². The van der Waals surface area contributed by atoms with Crippen LogP contribution in [0, 0.1) is 5.92 Å². The second kappa shape index (κ2) is 8.94. The molecule has 0 radical (unpaired) electrons. The summed E-state index contributed by atoms with van der Waals surface area (Å²) >= 11 is 0. The Morgan fingerprint density at radius 2 is 1.85 bits per heavy atom. The van der Waals surface area contributed by atoms with Gasteiger partial charge in [-0.25, -0.2) is 4.68 Å². The number of rotatable bonds is 7. The summed E-state index contributed by atoms with van der Waals surface area (Å²) in [5.41, 5.74) is 1.25. The minimum Gasteiger partial charge on any atom is -0.465 e. The first-order valence-corrected chi connectivity index (χ1v) is 9.56. The SMILES string of the molecule is CCOC(=O)Cn1nnnc1C(C(C)C)N1CCN(c2ccccc2)CC1. The molecule has 0 bridgehead atoms. The number of piperazine rings is 1. The van der Waals surface area contributed by atoms with Crippen LogP contribution in [0.4, 0.5) is 5.69 Å². The summed E-state index contributed by atoms with van der Waals surface area (Å²) in [4.78, 5) is 16.7. The minimum absolute atomic E-state index is 0.0450. The third-order valence-corrected chi connectivity index (χ3v) is 4.87. The van der Waals surface area contributed by atoms with Crippen molar-refractivity contribution < 1.29 is 9.53 Å². The van der Waals surface area contributed by atoms with E-state index in [1.54, 1.807) is 11.6 Å². The first-order valence-electron chi connectivity index (χ1n) is 9.56. The molecule has 1 saturated heterocycles. The summed E-state index contributed by atoms with van der Waals surface area (Å²) in [6.45, 7) is 10.3. The largest absolute Gasteiger partial charge is 0.465 e. The van der Waals surface area contributed by atoms with Gasteiger partial charge in [0.15, 0.2) is 5.82 Å². The van der Waals surface area contributed by atoms with Crippen molar-refractivity contribution in [3.63, 3.8) is 0 Å². The van der Waals surface area contributed by atoms with Gasteiger partial charge in [0.2, 0.25) is 0 Å². The third kappa shape index (κ3) is 4.63. The molecule has 2 aromatic rings. The van der Waals surface area contributed by atoms with Crippen LogP contribution in [-0.4, -0.2) is 63.9 Å². The van der Waals surface area contributed by atoms with E-state index in [9.17, 15) is 4.79 Å². The van der Waals surface area contributed by atoms with Crippen molar-refractivity contribution in [1.29, 1.82) is 0 Å². The van der Waals surface area contributed by atoms with E-state index in [0.717, 1.165) is 32.0 Å². The Labute approximate surface area is 160 Å². The van der Waals surface area contributed by atoms with Crippen LogP contribution >= 0.6 is 0 Å². The Balaban J connectivity index is 1.70. The Kier molecular flexibility index (Phi) is 6.39. The zero-order valence-electron chi connectivity index (χ0n) is 16.3. The highest BCUT2D eigenvalue weighted by molar-refractivity contribution is 5.69. The number of nitrogens with zero attached hydrogens (tertiary/aromatic N) is 6. The molecule has 8 heteroatoms. The molecule has 0 N–H and O–H groups in total. The first kappa shape index (κ1) is 19.3. The molecule has 0 aliphatic carbocycles. The van der Waals surface area contributed by atoms with Crippen molar-refractivity contribution in [2.45, 2.75) is 33.4 Å². The fraction of sp³-hybridized carbons (Fsp3) is 0.579. The summed E-state index contributed by atoms with van der Waals surface area (Å²) < 4.78 is 6.62. The van der Waals surface area contributed by atoms with Crippen LogP contribution < -0.4 is 4.90 Å². The molecule has 1 fully saturated rings. The molecule has 3 rings (SSSR count). The van der Waals surface area contributed by atoms with Gasteiger partial charge < -0.3 is 9.64 Å². The second-order valence-corrected chi connectivity index (χ2v) is 7.05. The lowest BCUT2D eigenvalue weighted by molar-refractivity contribution is -0.144. The highest BCUT2D eigenvalue weighted by Crippen LogP contribution is 2.28. The van der Waals surface area contributed by atoms with Crippen LogP contribution in [0.3, 0.4) is 0 Å². The number of esters is 1.